The zero-order chi connectivity index (χ0) is 14.2. The molecule has 3 nitrogen and oxygen atoms in total. The SMILES string of the molecule is CCCNCc1cccc(COc2ccccc2Cl)n1. The summed E-state index contributed by atoms with van der Waals surface area (Å²) in [6.45, 7) is 4.36. The zero-order valence-electron chi connectivity index (χ0n) is 11.6. The molecule has 0 saturated heterocycles. The summed E-state index contributed by atoms with van der Waals surface area (Å²) in [7, 11) is 0. The fraction of sp³-hybridized carbons (Fsp3) is 0.312. The summed E-state index contributed by atoms with van der Waals surface area (Å²) in [6, 6.07) is 13.4. The van der Waals surface area contributed by atoms with Gasteiger partial charge in [-0.25, -0.2) is 0 Å². The number of benzene rings is 1. The summed E-state index contributed by atoms with van der Waals surface area (Å²) >= 11 is 6.05. The van der Waals surface area contributed by atoms with E-state index in [4.69, 9.17) is 16.3 Å². The maximum atomic E-state index is 6.05. The highest BCUT2D eigenvalue weighted by Crippen LogP contribution is 2.23. The Morgan fingerprint density at radius 3 is 2.70 bits per heavy atom. The first-order valence-electron chi connectivity index (χ1n) is 6.82. The summed E-state index contributed by atoms with van der Waals surface area (Å²) in [6.07, 6.45) is 1.12. The van der Waals surface area contributed by atoms with Crippen molar-refractivity contribution in [1.82, 2.24) is 10.3 Å². The second-order valence-electron chi connectivity index (χ2n) is 4.52. The highest BCUT2D eigenvalue weighted by Gasteiger charge is 2.02. The van der Waals surface area contributed by atoms with Gasteiger partial charge in [-0.2, -0.15) is 0 Å². The molecule has 1 aromatic heterocycles. The van der Waals surface area contributed by atoms with Gasteiger partial charge < -0.3 is 10.1 Å². The number of aromatic nitrogens is 1. The molecule has 1 N–H and O–H groups in total. The summed E-state index contributed by atoms with van der Waals surface area (Å²) < 4.78 is 5.69. The first-order chi connectivity index (χ1) is 9.79. The molecule has 106 valence electrons. The van der Waals surface area contributed by atoms with Crippen LogP contribution in [-0.4, -0.2) is 11.5 Å². The molecule has 4 heteroatoms. The smallest absolute Gasteiger partial charge is 0.138 e. The number of nitrogens with zero attached hydrogens (tertiary/aromatic N) is 1. The molecule has 2 rings (SSSR count). The van der Waals surface area contributed by atoms with Crippen molar-refractivity contribution in [2.75, 3.05) is 6.54 Å². The number of pyridine rings is 1. The molecule has 1 heterocycles. The van der Waals surface area contributed by atoms with E-state index in [1.165, 1.54) is 0 Å². The largest absolute Gasteiger partial charge is 0.486 e. The Balaban J connectivity index is 1.93. The van der Waals surface area contributed by atoms with Crippen LogP contribution in [0.15, 0.2) is 42.5 Å². The minimum atomic E-state index is 0.422. The van der Waals surface area contributed by atoms with Gasteiger partial charge in [0.1, 0.15) is 12.4 Å². The summed E-state index contributed by atoms with van der Waals surface area (Å²) in [4.78, 5) is 4.56. The van der Waals surface area contributed by atoms with Gasteiger partial charge in [-0.05, 0) is 37.2 Å². The Hall–Kier alpha value is -1.58. The minimum Gasteiger partial charge on any atom is -0.486 e. The molecule has 0 aliphatic carbocycles. The Bertz CT molecular complexity index is 546. The third-order valence-electron chi connectivity index (χ3n) is 2.81. The van der Waals surface area contributed by atoms with Crippen molar-refractivity contribution >= 4 is 11.6 Å². The maximum Gasteiger partial charge on any atom is 0.138 e. The van der Waals surface area contributed by atoms with Crippen LogP contribution in [0.1, 0.15) is 24.7 Å². The number of para-hydroxylation sites is 1. The average molecular weight is 291 g/mol. The van der Waals surface area contributed by atoms with E-state index in [-0.39, 0.29) is 0 Å². The molecule has 1 aromatic carbocycles. The minimum absolute atomic E-state index is 0.422. The molecule has 0 radical (unpaired) electrons. The predicted molar refractivity (Wildman–Crippen MR) is 82.0 cm³/mol. The van der Waals surface area contributed by atoms with Crippen LogP contribution < -0.4 is 10.1 Å². The van der Waals surface area contributed by atoms with Gasteiger partial charge in [0.25, 0.3) is 0 Å². The molecule has 0 amide bonds. The van der Waals surface area contributed by atoms with E-state index in [1.807, 2.05) is 42.5 Å². The van der Waals surface area contributed by atoms with Gasteiger partial charge in [-0.1, -0.05) is 36.7 Å². The normalized spacial score (nSPS) is 10.5. The maximum absolute atomic E-state index is 6.05. The van der Waals surface area contributed by atoms with Crippen LogP contribution in [0.2, 0.25) is 5.02 Å². The molecular weight excluding hydrogens is 272 g/mol. The molecular formula is C16H19ClN2O. The Morgan fingerprint density at radius 2 is 1.90 bits per heavy atom. The van der Waals surface area contributed by atoms with Crippen LogP contribution in [0.5, 0.6) is 5.75 Å². The Morgan fingerprint density at radius 1 is 1.10 bits per heavy atom. The monoisotopic (exact) mass is 290 g/mol. The van der Waals surface area contributed by atoms with Gasteiger partial charge in [0.15, 0.2) is 0 Å². The van der Waals surface area contributed by atoms with Gasteiger partial charge in [-0.3, -0.25) is 4.98 Å². The number of rotatable bonds is 7. The van der Waals surface area contributed by atoms with Crippen LogP contribution in [0.25, 0.3) is 0 Å². The van der Waals surface area contributed by atoms with Crippen LogP contribution in [0.3, 0.4) is 0 Å². The first-order valence-corrected chi connectivity index (χ1v) is 7.20. The third kappa shape index (κ3) is 4.51. The van der Waals surface area contributed by atoms with Gasteiger partial charge in [0.05, 0.1) is 16.4 Å². The molecule has 0 bridgehead atoms. The van der Waals surface area contributed by atoms with Crippen molar-refractivity contribution in [3.8, 4) is 5.75 Å². The third-order valence-corrected chi connectivity index (χ3v) is 3.12. The highest BCUT2D eigenvalue weighted by atomic mass is 35.5. The van der Waals surface area contributed by atoms with E-state index in [0.29, 0.717) is 17.4 Å². The van der Waals surface area contributed by atoms with Crippen LogP contribution in [0, 0.1) is 0 Å². The number of hydrogen-bond acceptors (Lipinski definition) is 3. The number of halogens is 1. The predicted octanol–water partition coefficient (Wildman–Crippen LogP) is 3.81. The lowest BCUT2D eigenvalue weighted by Crippen LogP contribution is -2.15. The molecule has 20 heavy (non-hydrogen) atoms. The highest BCUT2D eigenvalue weighted by molar-refractivity contribution is 6.32. The van der Waals surface area contributed by atoms with Crippen molar-refractivity contribution in [3.05, 3.63) is 58.9 Å². The fourth-order valence-corrected chi connectivity index (χ4v) is 2.01. The lowest BCUT2D eigenvalue weighted by Gasteiger charge is -2.09. The fourth-order valence-electron chi connectivity index (χ4n) is 1.81. The molecule has 0 fully saturated rings. The van der Waals surface area contributed by atoms with E-state index in [9.17, 15) is 0 Å². The standard InChI is InChI=1S/C16H19ClN2O/c1-2-10-18-11-13-6-5-7-14(19-13)12-20-16-9-4-3-8-15(16)17/h3-9,18H,2,10-12H2,1H3. The van der Waals surface area contributed by atoms with Gasteiger partial charge in [-0.15, -0.1) is 0 Å². The summed E-state index contributed by atoms with van der Waals surface area (Å²) in [5, 5.41) is 3.96. The molecule has 0 saturated carbocycles. The number of ether oxygens (including phenoxy) is 1. The summed E-state index contributed by atoms with van der Waals surface area (Å²) in [5.41, 5.74) is 1.93. The first kappa shape index (κ1) is 14.8. The lowest BCUT2D eigenvalue weighted by atomic mass is 10.3. The van der Waals surface area contributed by atoms with Gasteiger partial charge in [0.2, 0.25) is 0 Å². The molecule has 0 aliphatic rings. The van der Waals surface area contributed by atoms with E-state index in [1.54, 1.807) is 0 Å². The number of nitrogens with one attached hydrogen (secondary N) is 1. The van der Waals surface area contributed by atoms with Crippen molar-refractivity contribution in [2.24, 2.45) is 0 Å². The molecule has 2 aromatic rings. The van der Waals surface area contributed by atoms with Crippen molar-refractivity contribution in [3.63, 3.8) is 0 Å². The van der Waals surface area contributed by atoms with Gasteiger partial charge >= 0.3 is 0 Å². The van der Waals surface area contributed by atoms with E-state index in [0.717, 1.165) is 30.9 Å². The quantitative estimate of drug-likeness (QED) is 0.787. The second-order valence-corrected chi connectivity index (χ2v) is 4.92. The van der Waals surface area contributed by atoms with Crippen LogP contribution in [0.4, 0.5) is 0 Å². The Labute approximate surface area is 124 Å². The summed E-state index contributed by atoms with van der Waals surface area (Å²) in [5.74, 6) is 0.686. The van der Waals surface area contributed by atoms with Crippen molar-refractivity contribution in [2.45, 2.75) is 26.5 Å². The lowest BCUT2D eigenvalue weighted by molar-refractivity contribution is 0.301. The molecule has 0 unspecified atom stereocenters. The van der Waals surface area contributed by atoms with E-state index < -0.39 is 0 Å². The van der Waals surface area contributed by atoms with E-state index >= 15 is 0 Å². The van der Waals surface area contributed by atoms with Crippen LogP contribution in [-0.2, 0) is 13.2 Å². The van der Waals surface area contributed by atoms with Crippen LogP contribution >= 0.6 is 11.6 Å². The second kappa shape index (κ2) is 7.88. The molecule has 0 aliphatic heterocycles. The topological polar surface area (TPSA) is 34.1 Å². The van der Waals surface area contributed by atoms with Crippen molar-refractivity contribution in [1.29, 1.82) is 0 Å². The number of hydrogen-bond donors (Lipinski definition) is 1. The van der Waals surface area contributed by atoms with Crippen molar-refractivity contribution < 1.29 is 4.74 Å². The zero-order valence-corrected chi connectivity index (χ0v) is 12.4. The average Bonchev–Trinajstić information content (AvgIpc) is 2.47. The molecule has 0 spiro atoms. The molecule has 0 atom stereocenters. The van der Waals surface area contributed by atoms with E-state index in [2.05, 4.69) is 17.2 Å². The Kier molecular flexibility index (Phi) is 5.84. The van der Waals surface area contributed by atoms with Gasteiger partial charge in [0, 0.05) is 6.54 Å².